The normalized spacial score (nSPS) is 13.3. The molecule has 0 heterocycles. The van der Waals surface area contributed by atoms with Crippen LogP contribution in [0.2, 0.25) is 0 Å². The Morgan fingerprint density at radius 3 is 1.20 bits per heavy atom. The molecule has 0 amide bonds. The molecule has 1 aliphatic carbocycles. The van der Waals surface area contributed by atoms with Crippen LogP contribution in [-0.2, 0) is 25.7 Å². The highest BCUT2D eigenvalue weighted by atomic mass is 32.2. The summed E-state index contributed by atoms with van der Waals surface area (Å²) in [5.74, 6) is 0.144. The fourth-order valence-corrected chi connectivity index (χ4v) is 7.85. The lowest BCUT2D eigenvalue weighted by Gasteiger charge is -2.35. The number of fused-ring (bicyclic) bond motifs is 3. The van der Waals surface area contributed by atoms with E-state index >= 15 is 0 Å². The van der Waals surface area contributed by atoms with Gasteiger partial charge in [-0.25, -0.2) is 0 Å². The van der Waals surface area contributed by atoms with Gasteiger partial charge >= 0.3 is 20.2 Å². The first kappa shape index (κ1) is 32.4. The molecule has 0 spiro atoms. The molecule has 0 unspecified atom stereocenters. The standard InChI is InChI=1S/C41H34O6S2/c1-3-48(42,43)46-39-25-23-31(27-35(39)29-15-7-5-8-16-29)41(37-21-13-11-19-33(37)34-20-12-14-22-38(34)41)32-24-26-40(47-49(44,45)4-2)36(28-32)30-17-9-6-10-18-30/h5-28H,3-4H2,1-2H3. The maximum Gasteiger partial charge on any atom is 0.308 e. The minimum absolute atomic E-state index is 0.169. The summed E-state index contributed by atoms with van der Waals surface area (Å²) in [5, 5.41) is 0. The van der Waals surface area contributed by atoms with Gasteiger partial charge in [-0.05, 0) is 82.6 Å². The Bertz CT molecular complexity index is 2220. The Morgan fingerprint density at radius 2 is 0.816 bits per heavy atom. The average Bonchev–Trinajstić information content (AvgIpc) is 3.43. The minimum Gasteiger partial charge on any atom is -0.382 e. The monoisotopic (exact) mass is 686 g/mol. The minimum atomic E-state index is -3.82. The predicted molar refractivity (Wildman–Crippen MR) is 195 cm³/mol. The van der Waals surface area contributed by atoms with E-state index in [0.717, 1.165) is 44.5 Å². The lowest BCUT2D eigenvalue weighted by molar-refractivity contribution is 0.486. The van der Waals surface area contributed by atoms with Crippen LogP contribution in [0, 0.1) is 0 Å². The largest absolute Gasteiger partial charge is 0.382 e. The molecule has 6 aromatic rings. The summed E-state index contributed by atoms with van der Waals surface area (Å²) >= 11 is 0. The summed E-state index contributed by atoms with van der Waals surface area (Å²) in [5.41, 5.74) is 7.99. The average molecular weight is 687 g/mol. The Labute approximate surface area is 287 Å². The molecule has 0 N–H and O–H groups in total. The molecule has 0 aliphatic heterocycles. The molecular weight excluding hydrogens is 653 g/mol. The molecule has 0 aromatic heterocycles. The number of rotatable bonds is 10. The number of benzene rings is 6. The van der Waals surface area contributed by atoms with E-state index in [1.165, 1.54) is 0 Å². The molecule has 246 valence electrons. The summed E-state index contributed by atoms with van der Waals surface area (Å²) in [7, 11) is -7.64. The van der Waals surface area contributed by atoms with Crippen LogP contribution in [0.4, 0.5) is 0 Å². The maximum absolute atomic E-state index is 12.8. The van der Waals surface area contributed by atoms with Crippen molar-refractivity contribution in [2.75, 3.05) is 11.5 Å². The lowest BCUT2D eigenvalue weighted by atomic mass is 9.67. The SMILES string of the molecule is CCS(=O)(=O)Oc1ccc(C2(c3ccc(OS(=O)(=O)CC)c(-c4ccccc4)c3)c3ccccc3-c3ccccc32)cc1-c1ccccc1. The van der Waals surface area contributed by atoms with E-state index in [0.29, 0.717) is 11.1 Å². The quantitative estimate of drug-likeness (QED) is 0.134. The first-order chi connectivity index (χ1) is 23.7. The molecule has 0 bridgehead atoms. The second-order valence-corrected chi connectivity index (χ2v) is 15.6. The smallest absolute Gasteiger partial charge is 0.308 e. The van der Waals surface area contributed by atoms with Crippen molar-refractivity contribution in [3.63, 3.8) is 0 Å². The van der Waals surface area contributed by atoms with Crippen molar-refractivity contribution in [2.45, 2.75) is 19.3 Å². The molecule has 0 fully saturated rings. The van der Waals surface area contributed by atoms with Crippen molar-refractivity contribution in [3.05, 3.63) is 168 Å². The van der Waals surface area contributed by atoms with Crippen LogP contribution in [0.25, 0.3) is 33.4 Å². The summed E-state index contributed by atoms with van der Waals surface area (Å²) in [4.78, 5) is 0. The van der Waals surface area contributed by atoms with E-state index in [1.54, 1.807) is 26.0 Å². The van der Waals surface area contributed by atoms with Crippen molar-refractivity contribution in [1.29, 1.82) is 0 Å². The van der Waals surface area contributed by atoms with E-state index in [-0.39, 0.29) is 23.0 Å². The Hall–Kier alpha value is -5.18. The molecule has 7 rings (SSSR count). The van der Waals surface area contributed by atoms with Gasteiger partial charge in [-0.3, -0.25) is 0 Å². The van der Waals surface area contributed by atoms with Gasteiger partial charge in [0.1, 0.15) is 11.5 Å². The highest BCUT2D eigenvalue weighted by molar-refractivity contribution is 7.87. The van der Waals surface area contributed by atoms with Crippen LogP contribution < -0.4 is 8.37 Å². The van der Waals surface area contributed by atoms with Crippen LogP contribution in [-0.4, -0.2) is 28.3 Å². The molecule has 49 heavy (non-hydrogen) atoms. The highest BCUT2D eigenvalue weighted by Gasteiger charge is 2.46. The molecule has 0 saturated heterocycles. The fourth-order valence-electron chi connectivity index (χ4n) is 6.77. The molecular formula is C41H34O6S2. The zero-order valence-corrected chi connectivity index (χ0v) is 28.7. The third-order valence-corrected chi connectivity index (χ3v) is 11.4. The summed E-state index contributed by atoms with van der Waals surface area (Å²) < 4.78 is 62.4. The Balaban J connectivity index is 1.57. The number of hydrogen-bond donors (Lipinski definition) is 0. The van der Waals surface area contributed by atoms with Gasteiger partial charge in [0.15, 0.2) is 0 Å². The van der Waals surface area contributed by atoms with Gasteiger partial charge in [-0.2, -0.15) is 16.8 Å². The van der Waals surface area contributed by atoms with Gasteiger partial charge < -0.3 is 8.37 Å². The van der Waals surface area contributed by atoms with E-state index in [2.05, 4.69) is 24.3 Å². The maximum atomic E-state index is 12.8. The molecule has 6 nitrogen and oxygen atoms in total. The molecule has 0 saturated carbocycles. The second-order valence-electron chi connectivity index (χ2n) is 11.9. The fraction of sp³-hybridized carbons (Fsp3) is 0.122. The second kappa shape index (κ2) is 12.7. The predicted octanol–water partition coefficient (Wildman–Crippen LogP) is 8.84. The van der Waals surface area contributed by atoms with Gasteiger partial charge in [0.25, 0.3) is 0 Å². The Kier molecular flexibility index (Phi) is 8.38. The van der Waals surface area contributed by atoms with Crippen LogP contribution >= 0.6 is 0 Å². The van der Waals surface area contributed by atoms with Gasteiger partial charge in [0.2, 0.25) is 0 Å². The van der Waals surface area contributed by atoms with Crippen molar-refractivity contribution < 1.29 is 25.2 Å². The van der Waals surface area contributed by atoms with Crippen LogP contribution in [0.15, 0.2) is 146 Å². The summed E-state index contributed by atoms with van der Waals surface area (Å²) in [6.07, 6.45) is 0. The van der Waals surface area contributed by atoms with E-state index in [9.17, 15) is 16.8 Å². The van der Waals surface area contributed by atoms with E-state index in [4.69, 9.17) is 8.37 Å². The van der Waals surface area contributed by atoms with Gasteiger partial charge in [-0.15, -0.1) is 0 Å². The van der Waals surface area contributed by atoms with Gasteiger partial charge in [0.05, 0.1) is 16.9 Å². The summed E-state index contributed by atoms with van der Waals surface area (Å²) in [6, 6.07) is 47.1. The topological polar surface area (TPSA) is 86.7 Å². The molecule has 0 radical (unpaired) electrons. The van der Waals surface area contributed by atoms with Crippen molar-refractivity contribution in [1.82, 2.24) is 0 Å². The van der Waals surface area contributed by atoms with Crippen LogP contribution in [0.1, 0.15) is 36.1 Å². The molecule has 8 heteroatoms. The van der Waals surface area contributed by atoms with Crippen molar-refractivity contribution in [3.8, 4) is 44.9 Å². The lowest BCUT2D eigenvalue weighted by Crippen LogP contribution is -2.29. The van der Waals surface area contributed by atoms with E-state index < -0.39 is 25.7 Å². The third kappa shape index (κ3) is 5.81. The van der Waals surface area contributed by atoms with Gasteiger partial charge in [-0.1, -0.05) is 121 Å². The number of hydrogen-bond acceptors (Lipinski definition) is 6. The first-order valence-electron chi connectivity index (χ1n) is 16.1. The Morgan fingerprint density at radius 1 is 0.449 bits per heavy atom. The van der Waals surface area contributed by atoms with Crippen LogP contribution in [0.3, 0.4) is 0 Å². The van der Waals surface area contributed by atoms with Gasteiger partial charge in [0, 0.05) is 11.1 Å². The highest BCUT2D eigenvalue weighted by Crippen LogP contribution is 2.57. The zero-order chi connectivity index (χ0) is 34.2. The third-order valence-electron chi connectivity index (χ3n) is 9.09. The van der Waals surface area contributed by atoms with Crippen molar-refractivity contribution >= 4 is 20.2 Å². The molecule has 0 atom stereocenters. The molecule has 1 aliphatic rings. The molecule has 6 aromatic carbocycles. The zero-order valence-electron chi connectivity index (χ0n) is 27.0. The first-order valence-corrected chi connectivity index (χ1v) is 19.3. The van der Waals surface area contributed by atoms with E-state index in [1.807, 2.05) is 109 Å². The van der Waals surface area contributed by atoms with Crippen LogP contribution in [0.5, 0.6) is 11.5 Å². The summed E-state index contributed by atoms with van der Waals surface area (Å²) in [6.45, 7) is 3.10. The van der Waals surface area contributed by atoms with Crippen molar-refractivity contribution in [2.24, 2.45) is 0 Å².